The van der Waals surface area contributed by atoms with Crippen LogP contribution < -0.4 is 10.6 Å². The maximum Gasteiger partial charge on any atom is 0.410 e. The van der Waals surface area contributed by atoms with Crippen molar-refractivity contribution in [1.82, 2.24) is 20.4 Å². The number of aliphatic hydroxyl groups is 1. The Labute approximate surface area is 241 Å². The molecular weight excluding hydrogens is 528 g/mol. The van der Waals surface area contributed by atoms with Crippen molar-refractivity contribution in [2.75, 3.05) is 19.6 Å². The van der Waals surface area contributed by atoms with Crippen molar-refractivity contribution < 1.29 is 33.8 Å². The van der Waals surface area contributed by atoms with Crippen molar-refractivity contribution in [2.24, 2.45) is 5.92 Å². The molecule has 226 valence electrons. The molecule has 1 aliphatic carbocycles. The van der Waals surface area contributed by atoms with E-state index in [0.29, 0.717) is 38.8 Å². The molecule has 1 aromatic carbocycles. The summed E-state index contributed by atoms with van der Waals surface area (Å²) in [6.45, 7) is 6.85. The molecule has 3 aliphatic rings. The predicted octanol–water partition coefficient (Wildman–Crippen LogP) is 2.95. The summed E-state index contributed by atoms with van der Waals surface area (Å²) in [7, 11) is 0. The SMILES string of the molecule is CC(C)(C)OC(=O)NC(C(=O)N1CCCC1)C1CCC(NC(=O)C2C[C@@H](O)CN2C(=O)OCc2ccccc2)CC1. The first kappa shape index (κ1) is 30.6. The van der Waals surface area contributed by atoms with Crippen molar-refractivity contribution in [3.63, 3.8) is 0 Å². The summed E-state index contributed by atoms with van der Waals surface area (Å²) in [6, 6.07) is 7.64. The van der Waals surface area contributed by atoms with Gasteiger partial charge in [0.1, 0.15) is 24.3 Å². The van der Waals surface area contributed by atoms with Gasteiger partial charge in [0.2, 0.25) is 11.8 Å². The smallest absolute Gasteiger partial charge is 0.410 e. The highest BCUT2D eigenvalue weighted by atomic mass is 16.6. The normalized spacial score (nSPS) is 25.4. The van der Waals surface area contributed by atoms with Crippen LogP contribution in [0.2, 0.25) is 0 Å². The van der Waals surface area contributed by atoms with Crippen LogP contribution in [0.3, 0.4) is 0 Å². The Balaban J connectivity index is 1.31. The number of likely N-dealkylation sites (tertiary alicyclic amines) is 2. The Morgan fingerprint density at radius 1 is 1.02 bits per heavy atom. The summed E-state index contributed by atoms with van der Waals surface area (Å²) in [4.78, 5) is 55.1. The summed E-state index contributed by atoms with van der Waals surface area (Å²) in [5, 5.41) is 16.1. The Kier molecular flexibility index (Phi) is 10.1. The molecule has 2 saturated heterocycles. The Hall–Kier alpha value is -3.34. The number of ether oxygens (including phenoxy) is 2. The summed E-state index contributed by atoms with van der Waals surface area (Å²) >= 11 is 0. The highest BCUT2D eigenvalue weighted by Gasteiger charge is 2.42. The monoisotopic (exact) mass is 572 g/mol. The minimum atomic E-state index is -0.815. The molecule has 11 nitrogen and oxygen atoms in total. The number of carbonyl (C=O) groups excluding carboxylic acids is 4. The van der Waals surface area contributed by atoms with E-state index in [0.717, 1.165) is 18.4 Å². The standard InChI is InChI=1S/C30H44N4O7/c1-30(2,3)41-28(38)32-25(27(37)33-15-7-8-16-33)21-11-13-22(14-12-21)31-26(36)24-17-23(35)18-34(24)29(39)40-19-20-9-5-4-6-10-20/h4-6,9-10,21-25,35H,7-8,11-19H2,1-3H3,(H,31,36)(H,32,38)/t21?,22?,23-,24?,25?/m1/s1. The molecule has 1 aromatic rings. The largest absolute Gasteiger partial charge is 0.445 e. The second-order valence-electron chi connectivity index (χ2n) is 12.4. The van der Waals surface area contributed by atoms with E-state index in [1.807, 2.05) is 35.2 Å². The minimum absolute atomic E-state index is 0.0368. The van der Waals surface area contributed by atoms with Gasteiger partial charge in [-0.15, -0.1) is 0 Å². The summed E-state index contributed by atoms with van der Waals surface area (Å²) < 4.78 is 10.9. The lowest BCUT2D eigenvalue weighted by molar-refractivity contribution is -0.134. The van der Waals surface area contributed by atoms with Crippen LogP contribution in [0.4, 0.5) is 9.59 Å². The number of hydrogen-bond donors (Lipinski definition) is 3. The van der Waals surface area contributed by atoms with E-state index in [1.165, 1.54) is 4.90 Å². The van der Waals surface area contributed by atoms with Crippen LogP contribution in [0.25, 0.3) is 0 Å². The van der Waals surface area contributed by atoms with Crippen molar-refractivity contribution >= 4 is 24.0 Å². The second-order valence-corrected chi connectivity index (χ2v) is 12.4. The molecule has 0 aromatic heterocycles. The summed E-state index contributed by atoms with van der Waals surface area (Å²) in [5.41, 5.74) is 0.157. The number of alkyl carbamates (subject to hydrolysis) is 1. The molecule has 3 atom stereocenters. The fourth-order valence-electron chi connectivity index (χ4n) is 5.91. The lowest BCUT2D eigenvalue weighted by Crippen LogP contribution is -2.54. The zero-order chi connectivity index (χ0) is 29.6. The van der Waals surface area contributed by atoms with Gasteiger partial charge < -0.3 is 30.1 Å². The maximum atomic E-state index is 13.4. The number of nitrogens with zero attached hydrogens (tertiary/aromatic N) is 2. The minimum Gasteiger partial charge on any atom is -0.445 e. The van der Waals surface area contributed by atoms with Gasteiger partial charge in [0, 0.05) is 25.6 Å². The molecular formula is C30H44N4O7. The van der Waals surface area contributed by atoms with Gasteiger partial charge in [-0.25, -0.2) is 9.59 Å². The number of rotatable bonds is 7. The van der Waals surface area contributed by atoms with Crippen LogP contribution in [0, 0.1) is 5.92 Å². The topological polar surface area (TPSA) is 138 Å². The van der Waals surface area contributed by atoms with Gasteiger partial charge >= 0.3 is 12.2 Å². The quantitative estimate of drug-likeness (QED) is 0.457. The number of carbonyl (C=O) groups is 4. The van der Waals surface area contributed by atoms with Gasteiger partial charge in [0.15, 0.2) is 0 Å². The zero-order valence-corrected chi connectivity index (χ0v) is 24.3. The van der Waals surface area contributed by atoms with Gasteiger partial charge in [0.05, 0.1) is 12.6 Å². The molecule has 0 spiro atoms. The number of aliphatic hydroxyl groups excluding tert-OH is 1. The molecule has 3 fully saturated rings. The van der Waals surface area contributed by atoms with Crippen LogP contribution in [0.15, 0.2) is 30.3 Å². The van der Waals surface area contributed by atoms with E-state index in [2.05, 4.69) is 10.6 Å². The Bertz CT molecular complexity index is 1060. The average molecular weight is 573 g/mol. The van der Waals surface area contributed by atoms with Gasteiger partial charge in [-0.2, -0.15) is 0 Å². The van der Waals surface area contributed by atoms with Gasteiger partial charge in [-0.3, -0.25) is 14.5 Å². The Morgan fingerprint density at radius 2 is 1.68 bits per heavy atom. The fourth-order valence-corrected chi connectivity index (χ4v) is 5.91. The Morgan fingerprint density at radius 3 is 2.32 bits per heavy atom. The molecule has 2 aliphatic heterocycles. The van der Waals surface area contributed by atoms with Crippen LogP contribution in [0.5, 0.6) is 0 Å². The van der Waals surface area contributed by atoms with E-state index < -0.39 is 36.0 Å². The van der Waals surface area contributed by atoms with Gasteiger partial charge in [-0.1, -0.05) is 30.3 Å². The molecule has 3 N–H and O–H groups in total. The van der Waals surface area contributed by atoms with E-state index in [1.54, 1.807) is 20.8 Å². The number of hydrogen-bond acceptors (Lipinski definition) is 7. The van der Waals surface area contributed by atoms with Crippen molar-refractivity contribution in [3.05, 3.63) is 35.9 Å². The third-order valence-electron chi connectivity index (χ3n) is 7.97. The first-order valence-electron chi connectivity index (χ1n) is 14.7. The van der Waals surface area contributed by atoms with Crippen LogP contribution in [0.1, 0.15) is 71.3 Å². The van der Waals surface area contributed by atoms with Crippen molar-refractivity contribution in [1.29, 1.82) is 0 Å². The van der Waals surface area contributed by atoms with Crippen LogP contribution >= 0.6 is 0 Å². The average Bonchev–Trinajstić information content (AvgIpc) is 3.60. The molecule has 4 amide bonds. The summed E-state index contributed by atoms with van der Waals surface area (Å²) in [5.74, 6) is -0.481. The summed E-state index contributed by atoms with van der Waals surface area (Å²) in [6.07, 6.45) is 2.55. The third kappa shape index (κ3) is 8.58. The lowest BCUT2D eigenvalue weighted by atomic mass is 9.81. The predicted molar refractivity (Wildman–Crippen MR) is 151 cm³/mol. The van der Waals surface area contributed by atoms with E-state index in [9.17, 15) is 24.3 Å². The van der Waals surface area contributed by atoms with Crippen LogP contribution in [-0.4, -0.2) is 88.4 Å². The molecule has 4 rings (SSSR count). The second kappa shape index (κ2) is 13.5. The van der Waals surface area contributed by atoms with E-state index in [-0.39, 0.29) is 43.3 Å². The molecule has 2 unspecified atom stereocenters. The maximum absolute atomic E-state index is 13.4. The number of β-amino-alcohol motifs (C(OH)–C–C–N with tert-alkyl or cyclic N) is 1. The van der Waals surface area contributed by atoms with E-state index in [4.69, 9.17) is 9.47 Å². The first-order valence-corrected chi connectivity index (χ1v) is 14.7. The fraction of sp³-hybridized carbons (Fsp3) is 0.667. The van der Waals surface area contributed by atoms with Gasteiger partial charge in [0.25, 0.3) is 0 Å². The number of nitrogens with one attached hydrogen (secondary N) is 2. The molecule has 0 bridgehead atoms. The molecule has 2 heterocycles. The molecule has 11 heteroatoms. The van der Waals surface area contributed by atoms with Crippen molar-refractivity contribution in [3.8, 4) is 0 Å². The van der Waals surface area contributed by atoms with Gasteiger partial charge in [-0.05, 0) is 70.8 Å². The molecule has 1 saturated carbocycles. The van der Waals surface area contributed by atoms with E-state index >= 15 is 0 Å². The van der Waals surface area contributed by atoms with Crippen LogP contribution in [-0.2, 0) is 25.7 Å². The third-order valence-corrected chi connectivity index (χ3v) is 7.97. The highest BCUT2D eigenvalue weighted by Crippen LogP contribution is 2.30. The van der Waals surface area contributed by atoms with Crippen molar-refractivity contribution in [2.45, 2.75) is 102 Å². The lowest BCUT2D eigenvalue weighted by Gasteiger charge is -2.36. The molecule has 41 heavy (non-hydrogen) atoms. The number of amides is 4. The first-order chi connectivity index (χ1) is 19.5. The highest BCUT2D eigenvalue weighted by molar-refractivity contribution is 5.87. The zero-order valence-electron chi connectivity index (χ0n) is 24.3. The number of benzene rings is 1. The molecule has 0 radical (unpaired) electrons.